The number of aryl methyl sites for hydroxylation is 1. The molecule has 0 fully saturated rings. The second-order valence-corrected chi connectivity index (χ2v) is 4.91. The Morgan fingerprint density at radius 3 is 3.17 bits per heavy atom. The first-order valence-electron chi connectivity index (χ1n) is 6.44. The van der Waals surface area contributed by atoms with E-state index in [9.17, 15) is 4.79 Å². The molecular formula is C14H17N3O. The normalized spacial score (nSPS) is 19.4. The summed E-state index contributed by atoms with van der Waals surface area (Å²) in [5.41, 5.74) is 4.40. The summed E-state index contributed by atoms with van der Waals surface area (Å²) in [5.74, 6) is 0.389. The zero-order chi connectivity index (χ0) is 12.7. The molecule has 94 valence electrons. The highest BCUT2D eigenvalue weighted by atomic mass is 16.1. The quantitative estimate of drug-likeness (QED) is 0.834. The number of hydrogen-bond donors (Lipinski definition) is 1. The number of amides is 1. The van der Waals surface area contributed by atoms with Crippen LogP contribution in [-0.4, -0.2) is 15.3 Å². The highest BCUT2D eigenvalue weighted by Gasteiger charge is 2.26. The van der Waals surface area contributed by atoms with Gasteiger partial charge in [0.05, 0.1) is 17.9 Å². The lowest BCUT2D eigenvalue weighted by atomic mass is 9.97. The average Bonchev–Trinajstić information content (AvgIpc) is 2.66. The van der Waals surface area contributed by atoms with Crippen LogP contribution in [-0.2, 0) is 11.3 Å². The van der Waals surface area contributed by atoms with Gasteiger partial charge in [-0.05, 0) is 25.0 Å². The van der Waals surface area contributed by atoms with E-state index in [2.05, 4.69) is 29.6 Å². The molecule has 0 aliphatic carbocycles. The zero-order valence-electron chi connectivity index (χ0n) is 10.7. The summed E-state index contributed by atoms with van der Waals surface area (Å²) in [6.45, 7) is 4.75. The molecule has 0 aromatic carbocycles. The Kier molecular flexibility index (Phi) is 2.58. The van der Waals surface area contributed by atoms with Gasteiger partial charge in [-0.15, -0.1) is 0 Å². The lowest BCUT2D eigenvalue weighted by molar-refractivity contribution is -0.121. The summed E-state index contributed by atoms with van der Waals surface area (Å²) in [4.78, 5) is 16.4. The number of carbonyl (C=O) groups excluding carboxylic acids is 1. The molecule has 0 unspecified atom stereocenters. The summed E-state index contributed by atoms with van der Waals surface area (Å²) in [7, 11) is 0. The van der Waals surface area contributed by atoms with Gasteiger partial charge in [0, 0.05) is 18.5 Å². The molecule has 4 nitrogen and oxygen atoms in total. The predicted octanol–water partition coefficient (Wildman–Crippen LogP) is 2.16. The second kappa shape index (κ2) is 4.12. The molecule has 3 heterocycles. The number of rotatable bonds is 1. The van der Waals surface area contributed by atoms with E-state index in [4.69, 9.17) is 4.98 Å². The van der Waals surface area contributed by atoms with Crippen LogP contribution in [0.25, 0.3) is 5.65 Å². The second-order valence-electron chi connectivity index (χ2n) is 4.91. The number of pyridine rings is 1. The SMILES string of the molecule is CC[C@@H]1CC(=O)NCc2nc3c(C)cccn3c21. The van der Waals surface area contributed by atoms with Crippen LogP contribution in [0.3, 0.4) is 0 Å². The molecule has 0 saturated carbocycles. The van der Waals surface area contributed by atoms with Crippen molar-refractivity contribution in [3.05, 3.63) is 35.3 Å². The molecule has 1 amide bonds. The van der Waals surface area contributed by atoms with Crippen LogP contribution in [0.2, 0.25) is 0 Å². The van der Waals surface area contributed by atoms with Crippen molar-refractivity contribution in [2.24, 2.45) is 0 Å². The molecule has 2 aromatic rings. The van der Waals surface area contributed by atoms with Crippen molar-refractivity contribution in [1.29, 1.82) is 0 Å². The van der Waals surface area contributed by atoms with E-state index >= 15 is 0 Å². The van der Waals surface area contributed by atoms with Gasteiger partial charge in [0.25, 0.3) is 0 Å². The van der Waals surface area contributed by atoms with Gasteiger partial charge in [-0.3, -0.25) is 4.79 Å². The molecular weight excluding hydrogens is 226 g/mol. The molecule has 0 bridgehead atoms. The van der Waals surface area contributed by atoms with E-state index in [-0.39, 0.29) is 11.8 Å². The van der Waals surface area contributed by atoms with Crippen molar-refractivity contribution in [2.45, 2.75) is 39.2 Å². The maximum Gasteiger partial charge on any atom is 0.220 e. The highest BCUT2D eigenvalue weighted by molar-refractivity contribution is 5.77. The Hall–Kier alpha value is -1.84. The predicted molar refractivity (Wildman–Crippen MR) is 69.4 cm³/mol. The lowest BCUT2D eigenvalue weighted by Gasteiger charge is -2.12. The molecule has 1 aliphatic rings. The fourth-order valence-electron chi connectivity index (χ4n) is 2.74. The van der Waals surface area contributed by atoms with E-state index in [1.165, 1.54) is 11.3 Å². The number of carbonyl (C=O) groups is 1. The number of aromatic nitrogens is 2. The minimum absolute atomic E-state index is 0.126. The molecule has 1 atom stereocenters. The lowest BCUT2D eigenvalue weighted by Crippen LogP contribution is -2.21. The molecule has 0 radical (unpaired) electrons. The van der Waals surface area contributed by atoms with Crippen LogP contribution < -0.4 is 5.32 Å². The van der Waals surface area contributed by atoms with Gasteiger partial charge in [0.1, 0.15) is 5.65 Å². The third kappa shape index (κ3) is 1.60. The van der Waals surface area contributed by atoms with Crippen LogP contribution in [0.4, 0.5) is 0 Å². The first-order valence-corrected chi connectivity index (χ1v) is 6.44. The van der Waals surface area contributed by atoms with Gasteiger partial charge in [0.15, 0.2) is 0 Å². The number of imidazole rings is 1. The van der Waals surface area contributed by atoms with Gasteiger partial charge in [-0.1, -0.05) is 13.0 Å². The Morgan fingerprint density at radius 2 is 2.39 bits per heavy atom. The van der Waals surface area contributed by atoms with Gasteiger partial charge >= 0.3 is 0 Å². The van der Waals surface area contributed by atoms with Crippen LogP contribution in [0.1, 0.15) is 42.6 Å². The summed E-state index contributed by atoms with van der Waals surface area (Å²) >= 11 is 0. The highest BCUT2D eigenvalue weighted by Crippen LogP contribution is 2.30. The minimum Gasteiger partial charge on any atom is -0.350 e. The smallest absolute Gasteiger partial charge is 0.220 e. The molecule has 3 rings (SSSR count). The van der Waals surface area contributed by atoms with E-state index in [1.54, 1.807) is 0 Å². The number of nitrogens with one attached hydrogen (secondary N) is 1. The van der Waals surface area contributed by atoms with Gasteiger partial charge in [0.2, 0.25) is 5.91 Å². The minimum atomic E-state index is 0.126. The fourth-order valence-corrected chi connectivity index (χ4v) is 2.74. The molecule has 0 saturated heterocycles. The summed E-state index contributed by atoms with van der Waals surface area (Å²) in [6.07, 6.45) is 3.57. The van der Waals surface area contributed by atoms with E-state index in [0.29, 0.717) is 13.0 Å². The average molecular weight is 243 g/mol. The number of hydrogen-bond acceptors (Lipinski definition) is 2. The molecule has 4 heteroatoms. The maximum absolute atomic E-state index is 11.7. The van der Waals surface area contributed by atoms with Crippen LogP contribution in [0, 0.1) is 6.92 Å². The standard InChI is InChI=1S/C14H17N3O/c1-3-10-7-12(18)15-8-11-13(10)17-6-4-5-9(2)14(17)16-11/h4-6,10H,3,7-8H2,1-2H3,(H,15,18)/t10-/m1/s1. The van der Waals surface area contributed by atoms with Gasteiger partial charge in [-0.25, -0.2) is 4.98 Å². The first-order chi connectivity index (χ1) is 8.70. The topological polar surface area (TPSA) is 46.4 Å². The molecule has 1 aliphatic heterocycles. The summed E-state index contributed by atoms with van der Waals surface area (Å²) < 4.78 is 2.15. The van der Waals surface area contributed by atoms with Crippen LogP contribution in [0.15, 0.2) is 18.3 Å². The van der Waals surface area contributed by atoms with E-state index < -0.39 is 0 Å². The number of fused-ring (bicyclic) bond motifs is 3. The van der Waals surface area contributed by atoms with E-state index in [0.717, 1.165) is 17.8 Å². The third-order valence-corrected chi connectivity index (χ3v) is 3.72. The molecule has 0 spiro atoms. The van der Waals surface area contributed by atoms with Gasteiger partial charge in [-0.2, -0.15) is 0 Å². The van der Waals surface area contributed by atoms with Crippen molar-refractivity contribution in [2.75, 3.05) is 0 Å². The number of nitrogens with zero attached hydrogens (tertiary/aromatic N) is 2. The van der Waals surface area contributed by atoms with Gasteiger partial charge < -0.3 is 9.72 Å². The third-order valence-electron chi connectivity index (χ3n) is 3.72. The van der Waals surface area contributed by atoms with Crippen molar-refractivity contribution in [1.82, 2.24) is 14.7 Å². The summed E-state index contributed by atoms with van der Waals surface area (Å²) in [6, 6.07) is 4.11. The van der Waals surface area contributed by atoms with Crippen molar-refractivity contribution >= 4 is 11.6 Å². The fraction of sp³-hybridized carbons (Fsp3) is 0.429. The summed E-state index contributed by atoms with van der Waals surface area (Å²) in [5, 5.41) is 2.93. The Bertz CT molecular complexity index is 615. The molecule has 1 N–H and O–H groups in total. The van der Waals surface area contributed by atoms with E-state index in [1.807, 2.05) is 12.3 Å². The maximum atomic E-state index is 11.7. The Balaban J connectivity index is 2.25. The van der Waals surface area contributed by atoms with Crippen molar-refractivity contribution in [3.8, 4) is 0 Å². The van der Waals surface area contributed by atoms with Crippen LogP contribution >= 0.6 is 0 Å². The monoisotopic (exact) mass is 243 g/mol. The first kappa shape index (κ1) is 11.3. The molecule has 2 aromatic heterocycles. The molecule has 18 heavy (non-hydrogen) atoms. The Morgan fingerprint density at radius 1 is 1.56 bits per heavy atom. The van der Waals surface area contributed by atoms with Crippen molar-refractivity contribution in [3.63, 3.8) is 0 Å². The largest absolute Gasteiger partial charge is 0.350 e. The van der Waals surface area contributed by atoms with Crippen LogP contribution in [0.5, 0.6) is 0 Å². The zero-order valence-corrected chi connectivity index (χ0v) is 10.7. The van der Waals surface area contributed by atoms with Crippen molar-refractivity contribution < 1.29 is 4.79 Å². The Labute approximate surface area is 106 Å².